The van der Waals surface area contributed by atoms with Crippen LogP contribution in [0.1, 0.15) is 29.3 Å². The van der Waals surface area contributed by atoms with Crippen molar-refractivity contribution in [3.63, 3.8) is 0 Å². The van der Waals surface area contributed by atoms with Crippen molar-refractivity contribution < 1.29 is 14.6 Å². The molecule has 0 aromatic heterocycles. The molecule has 0 saturated carbocycles. The lowest BCUT2D eigenvalue weighted by Gasteiger charge is -2.37. The largest absolute Gasteiger partial charge is 0.491 e. The van der Waals surface area contributed by atoms with E-state index >= 15 is 0 Å². The number of aliphatic hydroxyl groups is 1. The molecule has 5 heteroatoms. The fourth-order valence-corrected chi connectivity index (χ4v) is 3.57. The van der Waals surface area contributed by atoms with Gasteiger partial charge in [0, 0.05) is 50.4 Å². The van der Waals surface area contributed by atoms with Gasteiger partial charge in [0.15, 0.2) is 5.78 Å². The highest BCUT2D eigenvalue weighted by atomic mass is 16.5. The molecule has 0 unspecified atom stereocenters. The minimum atomic E-state index is -0.540. The van der Waals surface area contributed by atoms with Gasteiger partial charge in [-0.25, -0.2) is 0 Å². The molecule has 1 aliphatic rings. The van der Waals surface area contributed by atoms with Crippen molar-refractivity contribution in [2.75, 3.05) is 44.2 Å². The molecular weight excluding hydrogens is 352 g/mol. The number of hydrogen-bond acceptors (Lipinski definition) is 5. The Labute approximate surface area is 167 Å². The number of carbonyl (C=O) groups is 1. The lowest BCUT2D eigenvalue weighted by atomic mass is 10.1. The van der Waals surface area contributed by atoms with Gasteiger partial charge in [0.1, 0.15) is 18.5 Å². The van der Waals surface area contributed by atoms with E-state index in [1.165, 1.54) is 11.3 Å². The van der Waals surface area contributed by atoms with Gasteiger partial charge in [-0.05, 0) is 42.8 Å². The Morgan fingerprint density at radius 2 is 1.75 bits per heavy atom. The lowest BCUT2D eigenvalue weighted by molar-refractivity contribution is 0.0663. The molecule has 28 heavy (non-hydrogen) atoms. The Kier molecular flexibility index (Phi) is 7.06. The third-order valence-electron chi connectivity index (χ3n) is 5.24. The van der Waals surface area contributed by atoms with Crippen LogP contribution in [0.2, 0.25) is 0 Å². The first-order valence-corrected chi connectivity index (χ1v) is 10.0. The van der Waals surface area contributed by atoms with Gasteiger partial charge >= 0.3 is 0 Å². The predicted octanol–water partition coefficient (Wildman–Crippen LogP) is 3.15. The van der Waals surface area contributed by atoms with Gasteiger partial charge in [-0.15, -0.1) is 0 Å². The van der Waals surface area contributed by atoms with Crippen LogP contribution in [0, 0.1) is 6.92 Å². The second-order valence-electron chi connectivity index (χ2n) is 7.34. The number of nitrogens with zero attached hydrogens (tertiary/aromatic N) is 2. The maximum atomic E-state index is 11.7. The molecule has 1 aliphatic heterocycles. The standard InChI is InChI=1S/C23H30N2O3/c1-3-23(27)19-8-10-21(11-9-19)28-17-20(26)16-24-12-14-25(15-13-24)22-7-5-4-6-18(22)2/h4-11,20,26H,3,12-17H2,1-2H3/t20-/m1/s1. The van der Waals surface area contributed by atoms with Gasteiger partial charge < -0.3 is 14.7 Å². The van der Waals surface area contributed by atoms with E-state index in [1.807, 2.05) is 6.92 Å². The van der Waals surface area contributed by atoms with Gasteiger partial charge in [0.2, 0.25) is 0 Å². The van der Waals surface area contributed by atoms with Crippen LogP contribution in [0.25, 0.3) is 0 Å². The Bertz CT molecular complexity index is 768. The van der Waals surface area contributed by atoms with Crippen LogP contribution in [0.3, 0.4) is 0 Å². The molecular formula is C23H30N2O3. The number of aliphatic hydroxyl groups excluding tert-OH is 1. The molecule has 2 aromatic carbocycles. The van der Waals surface area contributed by atoms with Crippen molar-refractivity contribution >= 4 is 11.5 Å². The van der Waals surface area contributed by atoms with Crippen molar-refractivity contribution in [1.29, 1.82) is 0 Å². The minimum absolute atomic E-state index is 0.122. The van der Waals surface area contributed by atoms with Gasteiger partial charge in [0.05, 0.1) is 0 Å². The number of anilines is 1. The van der Waals surface area contributed by atoms with Crippen molar-refractivity contribution in [3.05, 3.63) is 59.7 Å². The number of rotatable bonds is 8. The molecule has 0 bridgehead atoms. The van der Waals surface area contributed by atoms with Crippen LogP contribution >= 0.6 is 0 Å². The SMILES string of the molecule is CCC(=O)c1ccc(OC[C@H](O)CN2CCN(c3ccccc3C)CC2)cc1. The fourth-order valence-electron chi connectivity index (χ4n) is 3.57. The summed E-state index contributed by atoms with van der Waals surface area (Å²) in [6.45, 7) is 8.64. The molecule has 0 radical (unpaired) electrons. The molecule has 0 spiro atoms. The zero-order valence-electron chi connectivity index (χ0n) is 16.8. The van der Waals surface area contributed by atoms with E-state index in [0.717, 1.165) is 26.2 Å². The highest BCUT2D eigenvalue weighted by Gasteiger charge is 2.20. The monoisotopic (exact) mass is 382 g/mol. The number of Topliss-reactive ketones (excluding diaryl/α,β-unsaturated/α-hetero) is 1. The maximum Gasteiger partial charge on any atom is 0.162 e. The molecule has 5 nitrogen and oxygen atoms in total. The summed E-state index contributed by atoms with van der Waals surface area (Å²) < 4.78 is 5.69. The van der Waals surface area contributed by atoms with Crippen LogP contribution in [0.5, 0.6) is 5.75 Å². The van der Waals surface area contributed by atoms with Gasteiger partial charge in [-0.2, -0.15) is 0 Å². The molecule has 1 N–H and O–H groups in total. The van der Waals surface area contributed by atoms with Crippen molar-refractivity contribution in [2.45, 2.75) is 26.4 Å². The molecule has 2 aromatic rings. The predicted molar refractivity (Wildman–Crippen MR) is 112 cm³/mol. The third kappa shape index (κ3) is 5.33. The van der Waals surface area contributed by atoms with E-state index in [1.54, 1.807) is 24.3 Å². The van der Waals surface area contributed by atoms with Gasteiger partial charge in [-0.3, -0.25) is 9.69 Å². The normalized spacial score (nSPS) is 16.0. The number of ether oxygens (including phenoxy) is 1. The van der Waals surface area contributed by atoms with Crippen molar-refractivity contribution in [1.82, 2.24) is 4.90 Å². The first kappa shape index (κ1) is 20.4. The molecule has 1 saturated heterocycles. The Morgan fingerprint density at radius 3 is 2.39 bits per heavy atom. The molecule has 150 valence electrons. The zero-order chi connectivity index (χ0) is 19.9. The second-order valence-corrected chi connectivity index (χ2v) is 7.34. The number of ketones is 1. The number of β-amino-alcohol motifs (C(OH)–C–C–N with tert-alkyl or cyclic N) is 1. The van der Waals surface area contributed by atoms with Crippen LogP contribution in [-0.2, 0) is 0 Å². The number of hydrogen-bond donors (Lipinski definition) is 1. The smallest absolute Gasteiger partial charge is 0.162 e. The number of carbonyl (C=O) groups excluding carboxylic acids is 1. The summed E-state index contributed by atoms with van der Waals surface area (Å²) in [5, 5.41) is 10.3. The van der Waals surface area contributed by atoms with Crippen LogP contribution in [0.15, 0.2) is 48.5 Å². The van der Waals surface area contributed by atoms with Crippen molar-refractivity contribution in [3.8, 4) is 5.75 Å². The molecule has 0 amide bonds. The minimum Gasteiger partial charge on any atom is -0.491 e. The number of aryl methyl sites for hydroxylation is 1. The summed E-state index contributed by atoms with van der Waals surface area (Å²) in [6.07, 6.45) is -0.0438. The first-order chi connectivity index (χ1) is 13.6. The quantitative estimate of drug-likeness (QED) is 0.711. The highest BCUT2D eigenvalue weighted by molar-refractivity contribution is 5.95. The molecule has 1 atom stereocenters. The average Bonchev–Trinajstić information content (AvgIpc) is 2.73. The van der Waals surface area contributed by atoms with E-state index < -0.39 is 6.10 Å². The van der Waals surface area contributed by atoms with Crippen LogP contribution in [0.4, 0.5) is 5.69 Å². The van der Waals surface area contributed by atoms with Crippen molar-refractivity contribution in [2.24, 2.45) is 0 Å². The first-order valence-electron chi connectivity index (χ1n) is 10.0. The summed E-state index contributed by atoms with van der Waals surface area (Å²) in [7, 11) is 0. The molecule has 3 rings (SSSR count). The Morgan fingerprint density at radius 1 is 1.07 bits per heavy atom. The maximum absolute atomic E-state index is 11.7. The molecule has 1 fully saturated rings. The van der Waals surface area contributed by atoms with Crippen LogP contribution in [-0.4, -0.2) is 61.2 Å². The zero-order valence-corrected chi connectivity index (χ0v) is 16.8. The number of para-hydroxylation sites is 1. The van der Waals surface area contributed by atoms with E-state index in [4.69, 9.17) is 4.74 Å². The fraction of sp³-hybridized carbons (Fsp3) is 0.435. The lowest BCUT2D eigenvalue weighted by Crippen LogP contribution is -2.49. The van der Waals surface area contributed by atoms with E-state index in [9.17, 15) is 9.90 Å². The summed E-state index contributed by atoms with van der Waals surface area (Å²) in [5.41, 5.74) is 3.30. The molecule has 1 heterocycles. The summed E-state index contributed by atoms with van der Waals surface area (Å²) in [4.78, 5) is 16.3. The Balaban J connectivity index is 1.41. The van der Waals surface area contributed by atoms with Gasteiger partial charge in [0.25, 0.3) is 0 Å². The van der Waals surface area contributed by atoms with Gasteiger partial charge in [-0.1, -0.05) is 25.1 Å². The highest BCUT2D eigenvalue weighted by Crippen LogP contribution is 2.21. The Hall–Kier alpha value is -2.37. The molecule has 0 aliphatic carbocycles. The average molecular weight is 383 g/mol. The summed E-state index contributed by atoms with van der Waals surface area (Å²) in [5.74, 6) is 0.799. The second kappa shape index (κ2) is 9.71. The third-order valence-corrected chi connectivity index (χ3v) is 5.24. The van der Waals surface area contributed by atoms with E-state index in [2.05, 4.69) is 41.0 Å². The van der Waals surface area contributed by atoms with E-state index in [0.29, 0.717) is 24.3 Å². The topological polar surface area (TPSA) is 53.0 Å². The summed E-state index contributed by atoms with van der Waals surface area (Å²) in [6, 6.07) is 15.6. The van der Waals surface area contributed by atoms with E-state index in [-0.39, 0.29) is 12.4 Å². The number of piperazine rings is 1. The number of benzene rings is 2. The van der Waals surface area contributed by atoms with Crippen LogP contribution < -0.4 is 9.64 Å². The summed E-state index contributed by atoms with van der Waals surface area (Å²) >= 11 is 0.